The van der Waals surface area contributed by atoms with Gasteiger partial charge in [0.15, 0.2) is 0 Å². The number of methoxy groups -OCH3 is 2. The molecule has 0 unspecified atom stereocenters. The molecule has 1 aromatic carbocycles. The van der Waals surface area contributed by atoms with Crippen molar-refractivity contribution in [1.82, 2.24) is 10.1 Å². The number of nitrogens with zero attached hydrogens (tertiary/aromatic N) is 2. The molecule has 0 radical (unpaired) electrons. The highest BCUT2D eigenvalue weighted by molar-refractivity contribution is 5.27. The van der Waals surface area contributed by atoms with E-state index in [1.807, 2.05) is 33.1 Å². The monoisotopic (exact) mass is 344 g/mol. The smallest absolute Gasteiger partial charge is 0.138 e. The van der Waals surface area contributed by atoms with E-state index >= 15 is 0 Å². The van der Waals surface area contributed by atoms with E-state index in [0.29, 0.717) is 12.0 Å². The molecular formula is C20H28N2O3. The Hall–Kier alpha value is -1.85. The maximum atomic E-state index is 5.77. The van der Waals surface area contributed by atoms with Gasteiger partial charge in [-0.1, -0.05) is 17.3 Å². The van der Waals surface area contributed by atoms with E-state index in [0.717, 1.165) is 49.7 Å². The number of hydrogen-bond donors (Lipinski definition) is 0. The fourth-order valence-electron chi connectivity index (χ4n) is 3.75. The lowest BCUT2D eigenvalue weighted by Crippen LogP contribution is -2.44. The molecule has 2 aromatic rings. The summed E-state index contributed by atoms with van der Waals surface area (Å²) in [4.78, 5) is 2.50. The molecule has 5 heteroatoms. The quantitative estimate of drug-likeness (QED) is 0.804. The van der Waals surface area contributed by atoms with Gasteiger partial charge in [0.05, 0.1) is 18.9 Å². The lowest BCUT2D eigenvalue weighted by atomic mass is 9.88. The summed E-state index contributed by atoms with van der Waals surface area (Å²) in [6, 6.07) is 8.36. The summed E-state index contributed by atoms with van der Waals surface area (Å²) >= 11 is 0. The molecule has 1 saturated heterocycles. The van der Waals surface area contributed by atoms with Crippen molar-refractivity contribution in [2.45, 2.75) is 39.3 Å². The van der Waals surface area contributed by atoms with Gasteiger partial charge < -0.3 is 14.0 Å². The maximum absolute atomic E-state index is 5.77. The zero-order valence-electron chi connectivity index (χ0n) is 15.6. The summed E-state index contributed by atoms with van der Waals surface area (Å²) in [5, 5.41) is 4.08. The number of rotatable bonds is 6. The number of piperidine rings is 1. The zero-order valence-corrected chi connectivity index (χ0v) is 15.6. The molecule has 1 aliphatic rings. The lowest BCUT2D eigenvalue weighted by molar-refractivity contribution is -0.00860. The third-order valence-electron chi connectivity index (χ3n) is 5.27. The Kier molecular flexibility index (Phi) is 5.76. The van der Waals surface area contributed by atoms with Gasteiger partial charge in [0.2, 0.25) is 0 Å². The standard InChI is InChI=1S/C20H28N2O3/c1-14-19(15(2)25-21-14)13-22-10-9-20(24-4)17(12-22)11-16-5-7-18(23-3)8-6-16/h5-8,17,20H,9-13H2,1-4H3/t17-,20+/m0/s1. The molecule has 1 aromatic heterocycles. The second kappa shape index (κ2) is 8.02. The van der Waals surface area contributed by atoms with E-state index in [1.165, 1.54) is 11.1 Å². The van der Waals surface area contributed by atoms with Crippen LogP contribution in [0.5, 0.6) is 5.75 Å². The van der Waals surface area contributed by atoms with Crippen molar-refractivity contribution in [3.05, 3.63) is 46.8 Å². The van der Waals surface area contributed by atoms with Crippen LogP contribution in [0.3, 0.4) is 0 Å². The molecule has 2 heterocycles. The SMILES string of the molecule is COc1ccc(C[C@H]2CN(Cc3c(C)noc3C)CC[C@H]2OC)cc1. The molecule has 136 valence electrons. The van der Waals surface area contributed by atoms with E-state index < -0.39 is 0 Å². The number of aryl methyl sites for hydroxylation is 2. The summed E-state index contributed by atoms with van der Waals surface area (Å²) in [7, 11) is 3.53. The lowest BCUT2D eigenvalue weighted by Gasteiger charge is -2.38. The van der Waals surface area contributed by atoms with Crippen LogP contribution in [-0.4, -0.2) is 43.5 Å². The summed E-state index contributed by atoms with van der Waals surface area (Å²) < 4.78 is 16.3. The average molecular weight is 344 g/mol. The Bertz CT molecular complexity index is 661. The number of ether oxygens (including phenoxy) is 2. The number of aromatic nitrogens is 1. The van der Waals surface area contributed by atoms with Gasteiger partial charge in [0.1, 0.15) is 11.5 Å². The Labute approximate surface area is 149 Å². The van der Waals surface area contributed by atoms with Crippen molar-refractivity contribution in [3.8, 4) is 5.75 Å². The van der Waals surface area contributed by atoms with Crippen LogP contribution >= 0.6 is 0 Å². The van der Waals surface area contributed by atoms with Crippen LogP contribution in [-0.2, 0) is 17.7 Å². The molecule has 0 N–H and O–H groups in total. The molecule has 3 rings (SSSR count). The van der Waals surface area contributed by atoms with Gasteiger partial charge in [-0.05, 0) is 44.4 Å². The molecule has 5 nitrogen and oxygen atoms in total. The van der Waals surface area contributed by atoms with Crippen LogP contribution in [0.2, 0.25) is 0 Å². The molecular weight excluding hydrogens is 316 g/mol. The van der Waals surface area contributed by atoms with E-state index in [-0.39, 0.29) is 0 Å². The summed E-state index contributed by atoms with van der Waals surface area (Å²) in [6.45, 7) is 6.97. The number of hydrogen-bond acceptors (Lipinski definition) is 5. The van der Waals surface area contributed by atoms with Gasteiger partial charge in [-0.3, -0.25) is 4.90 Å². The first kappa shape index (κ1) is 18.0. The average Bonchev–Trinajstić information content (AvgIpc) is 2.95. The van der Waals surface area contributed by atoms with Gasteiger partial charge in [0.25, 0.3) is 0 Å². The van der Waals surface area contributed by atoms with Crippen LogP contribution in [0.25, 0.3) is 0 Å². The minimum Gasteiger partial charge on any atom is -0.497 e. The van der Waals surface area contributed by atoms with Crippen LogP contribution in [0.1, 0.15) is 29.0 Å². The molecule has 0 amide bonds. The van der Waals surface area contributed by atoms with Gasteiger partial charge in [-0.2, -0.15) is 0 Å². The largest absolute Gasteiger partial charge is 0.497 e. The first-order valence-electron chi connectivity index (χ1n) is 8.90. The first-order chi connectivity index (χ1) is 12.1. The Balaban J connectivity index is 1.67. The predicted octanol–water partition coefficient (Wildman–Crippen LogP) is 3.38. The Morgan fingerprint density at radius 1 is 1.20 bits per heavy atom. The number of likely N-dealkylation sites (tertiary alicyclic amines) is 1. The van der Waals surface area contributed by atoms with Crippen molar-refractivity contribution in [3.63, 3.8) is 0 Å². The van der Waals surface area contributed by atoms with Crippen molar-refractivity contribution in [2.24, 2.45) is 5.92 Å². The Morgan fingerprint density at radius 2 is 1.96 bits per heavy atom. The van der Waals surface area contributed by atoms with E-state index in [2.05, 4.69) is 22.2 Å². The Morgan fingerprint density at radius 3 is 2.56 bits per heavy atom. The molecule has 1 fully saturated rings. The summed E-state index contributed by atoms with van der Waals surface area (Å²) in [6.07, 6.45) is 2.38. The molecule has 0 aliphatic carbocycles. The molecule has 1 aliphatic heterocycles. The summed E-state index contributed by atoms with van der Waals surface area (Å²) in [5.41, 5.74) is 3.55. The van der Waals surface area contributed by atoms with E-state index in [1.54, 1.807) is 7.11 Å². The highest BCUT2D eigenvalue weighted by atomic mass is 16.5. The van der Waals surface area contributed by atoms with Crippen LogP contribution in [0.4, 0.5) is 0 Å². The fourth-order valence-corrected chi connectivity index (χ4v) is 3.75. The van der Waals surface area contributed by atoms with Crippen LogP contribution in [0.15, 0.2) is 28.8 Å². The van der Waals surface area contributed by atoms with Crippen LogP contribution in [0, 0.1) is 19.8 Å². The predicted molar refractivity (Wildman–Crippen MR) is 96.9 cm³/mol. The molecule has 25 heavy (non-hydrogen) atoms. The third kappa shape index (κ3) is 4.22. The second-order valence-corrected chi connectivity index (χ2v) is 6.91. The second-order valence-electron chi connectivity index (χ2n) is 6.91. The van der Waals surface area contributed by atoms with Crippen molar-refractivity contribution < 1.29 is 14.0 Å². The van der Waals surface area contributed by atoms with Gasteiger partial charge in [0, 0.05) is 38.2 Å². The first-order valence-corrected chi connectivity index (χ1v) is 8.90. The van der Waals surface area contributed by atoms with Crippen molar-refractivity contribution in [1.29, 1.82) is 0 Å². The normalized spacial score (nSPS) is 21.4. The summed E-state index contributed by atoms with van der Waals surface area (Å²) in [5.74, 6) is 2.31. The van der Waals surface area contributed by atoms with Crippen molar-refractivity contribution >= 4 is 0 Å². The van der Waals surface area contributed by atoms with E-state index in [9.17, 15) is 0 Å². The highest BCUT2D eigenvalue weighted by Gasteiger charge is 2.30. The topological polar surface area (TPSA) is 47.7 Å². The van der Waals surface area contributed by atoms with Gasteiger partial charge in [-0.25, -0.2) is 0 Å². The molecule has 0 saturated carbocycles. The van der Waals surface area contributed by atoms with Gasteiger partial charge >= 0.3 is 0 Å². The minimum atomic E-state index is 0.308. The third-order valence-corrected chi connectivity index (χ3v) is 5.27. The fraction of sp³-hybridized carbons (Fsp3) is 0.550. The zero-order chi connectivity index (χ0) is 17.8. The van der Waals surface area contributed by atoms with E-state index in [4.69, 9.17) is 14.0 Å². The molecule has 0 spiro atoms. The molecule has 2 atom stereocenters. The minimum absolute atomic E-state index is 0.308. The molecule has 0 bridgehead atoms. The van der Waals surface area contributed by atoms with Gasteiger partial charge in [-0.15, -0.1) is 0 Å². The van der Waals surface area contributed by atoms with Crippen LogP contribution < -0.4 is 4.74 Å². The highest BCUT2D eigenvalue weighted by Crippen LogP contribution is 2.26. The number of benzene rings is 1. The van der Waals surface area contributed by atoms with Crippen molar-refractivity contribution in [2.75, 3.05) is 27.3 Å². The maximum Gasteiger partial charge on any atom is 0.138 e.